The Bertz CT molecular complexity index is 1710. The highest BCUT2D eigenvalue weighted by Crippen LogP contribution is 2.36. The standard InChI is InChI=1S/C32H33N5O10/c1-5-45-31(39)29-19(2)34-32(40)35-30(29)21-11-12-24(25(13-21)43-3)47-18-28(38)36-33-16-22-14-26(44-4)27(15-23(22)37(41)42)46-17-20-9-7-6-8-10-20/h6-16,30H,5,17-18H2,1-4H3,(H,36,38)(H2,34,35,40)/b33-16-/t30-/m1/s1. The average molecular weight is 648 g/mol. The van der Waals surface area contributed by atoms with E-state index >= 15 is 0 Å². The molecule has 3 aromatic rings. The lowest BCUT2D eigenvalue weighted by Crippen LogP contribution is -2.45. The van der Waals surface area contributed by atoms with E-state index in [1.54, 1.807) is 26.0 Å². The SMILES string of the molecule is CCOC(=O)C1=C(C)NC(=O)N[C@@H]1c1ccc(OCC(=O)N/N=C\c2cc(OC)c(OCc3ccccc3)cc2[N+](=O)[O-])c(OC)c1. The summed E-state index contributed by atoms with van der Waals surface area (Å²) >= 11 is 0. The fraction of sp³-hybridized carbons (Fsp3) is 0.250. The van der Waals surface area contributed by atoms with Gasteiger partial charge in [0.15, 0.2) is 29.6 Å². The first kappa shape index (κ1) is 33.8. The Labute approximate surface area is 269 Å². The van der Waals surface area contributed by atoms with Gasteiger partial charge in [-0.1, -0.05) is 36.4 Å². The molecule has 15 heteroatoms. The first-order valence-electron chi connectivity index (χ1n) is 14.3. The highest BCUT2D eigenvalue weighted by molar-refractivity contribution is 5.95. The maximum Gasteiger partial charge on any atom is 0.338 e. The molecule has 4 rings (SSSR count). The Morgan fingerprint density at radius 3 is 2.40 bits per heavy atom. The molecule has 0 radical (unpaired) electrons. The number of allylic oxidation sites excluding steroid dienone is 1. The van der Waals surface area contributed by atoms with Gasteiger partial charge in [-0.25, -0.2) is 15.0 Å². The van der Waals surface area contributed by atoms with Crippen LogP contribution in [0, 0.1) is 10.1 Å². The van der Waals surface area contributed by atoms with E-state index in [-0.39, 0.29) is 53.0 Å². The Morgan fingerprint density at radius 2 is 1.72 bits per heavy atom. The summed E-state index contributed by atoms with van der Waals surface area (Å²) in [5.74, 6) is -0.426. The summed E-state index contributed by atoms with van der Waals surface area (Å²) in [5.41, 5.74) is 3.97. The largest absolute Gasteiger partial charge is 0.493 e. The van der Waals surface area contributed by atoms with Crippen molar-refractivity contribution in [3.8, 4) is 23.0 Å². The number of esters is 1. The number of carbonyl (C=O) groups is 3. The monoisotopic (exact) mass is 647 g/mol. The second-order valence-electron chi connectivity index (χ2n) is 9.88. The van der Waals surface area contributed by atoms with Crippen LogP contribution in [0.2, 0.25) is 0 Å². The fourth-order valence-electron chi connectivity index (χ4n) is 4.59. The molecule has 0 fully saturated rings. The summed E-state index contributed by atoms with van der Waals surface area (Å²) in [6.45, 7) is 3.11. The molecule has 47 heavy (non-hydrogen) atoms. The van der Waals surface area contributed by atoms with Gasteiger partial charge in [0.2, 0.25) is 0 Å². The number of amides is 3. The molecule has 0 bridgehead atoms. The molecule has 0 aromatic heterocycles. The number of hydrogen-bond acceptors (Lipinski definition) is 11. The molecule has 0 aliphatic carbocycles. The third-order valence-electron chi connectivity index (χ3n) is 6.78. The quantitative estimate of drug-likeness (QED) is 0.100. The van der Waals surface area contributed by atoms with Gasteiger partial charge in [-0.05, 0) is 43.2 Å². The minimum Gasteiger partial charge on any atom is -0.493 e. The van der Waals surface area contributed by atoms with E-state index in [1.165, 1.54) is 32.4 Å². The van der Waals surface area contributed by atoms with E-state index in [0.29, 0.717) is 11.3 Å². The summed E-state index contributed by atoms with van der Waals surface area (Å²) in [6, 6.07) is 15.3. The lowest BCUT2D eigenvalue weighted by Gasteiger charge is -2.28. The number of hydrazone groups is 1. The molecule has 0 saturated heterocycles. The normalized spacial score (nSPS) is 14.1. The fourth-order valence-corrected chi connectivity index (χ4v) is 4.59. The Kier molecular flexibility index (Phi) is 11.3. The van der Waals surface area contributed by atoms with Crippen molar-refractivity contribution in [1.29, 1.82) is 0 Å². The van der Waals surface area contributed by atoms with Crippen LogP contribution in [-0.4, -0.2) is 56.5 Å². The van der Waals surface area contributed by atoms with Crippen molar-refractivity contribution in [3.63, 3.8) is 0 Å². The molecule has 0 unspecified atom stereocenters. The molecule has 1 aliphatic rings. The topological polar surface area (TPSA) is 189 Å². The number of urea groups is 1. The van der Waals surface area contributed by atoms with Crippen molar-refractivity contribution in [2.45, 2.75) is 26.5 Å². The molecule has 1 atom stereocenters. The van der Waals surface area contributed by atoms with E-state index in [4.69, 9.17) is 23.7 Å². The number of ether oxygens (including phenoxy) is 5. The van der Waals surface area contributed by atoms with Crippen LogP contribution >= 0.6 is 0 Å². The Hall–Kier alpha value is -6.12. The van der Waals surface area contributed by atoms with Crippen LogP contribution in [-0.2, 0) is 20.9 Å². The zero-order valence-electron chi connectivity index (χ0n) is 26.0. The van der Waals surface area contributed by atoms with Crippen molar-refractivity contribution in [1.82, 2.24) is 16.1 Å². The zero-order chi connectivity index (χ0) is 33.9. The van der Waals surface area contributed by atoms with Crippen LogP contribution in [0.15, 0.2) is 77.0 Å². The predicted molar refractivity (Wildman–Crippen MR) is 168 cm³/mol. The molecular weight excluding hydrogens is 614 g/mol. The van der Waals surface area contributed by atoms with Crippen molar-refractivity contribution in [3.05, 3.63) is 98.7 Å². The summed E-state index contributed by atoms with van der Waals surface area (Å²) in [6.07, 6.45) is 1.11. The van der Waals surface area contributed by atoms with E-state index < -0.39 is 35.5 Å². The lowest BCUT2D eigenvalue weighted by molar-refractivity contribution is -0.385. The smallest absolute Gasteiger partial charge is 0.338 e. The van der Waals surface area contributed by atoms with Gasteiger partial charge in [-0.2, -0.15) is 5.10 Å². The minimum absolute atomic E-state index is 0.0638. The number of hydrogen-bond donors (Lipinski definition) is 3. The number of rotatable bonds is 14. The second kappa shape index (κ2) is 15.7. The molecule has 0 saturated carbocycles. The van der Waals surface area contributed by atoms with Crippen molar-refractivity contribution < 1.29 is 43.0 Å². The van der Waals surface area contributed by atoms with Crippen molar-refractivity contribution in [2.75, 3.05) is 27.4 Å². The highest BCUT2D eigenvalue weighted by atomic mass is 16.6. The van der Waals surface area contributed by atoms with Gasteiger partial charge in [0, 0.05) is 5.70 Å². The molecule has 3 aromatic carbocycles. The average Bonchev–Trinajstić information content (AvgIpc) is 3.06. The van der Waals surface area contributed by atoms with Crippen LogP contribution in [0.4, 0.5) is 10.5 Å². The highest BCUT2D eigenvalue weighted by Gasteiger charge is 2.32. The first-order chi connectivity index (χ1) is 22.6. The van der Waals surface area contributed by atoms with E-state index in [1.807, 2.05) is 30.3 Å². The molecule has 3 amide bonds. The van der Waals surface area contributed by atoms with E-state index in [2.05, 4.69) is 21.2 Å². The summed E-state index contributed by atoms with van der Waals surface area (Å²) in [7, 11) is 2.79. The van der Waals surface area contributed by atoms with Gasteiger partial charge >= 0.3 is 12.0 Å². The zero-order valence-corrected chi connectivity index (χ0v) is 26.0. The molecule has 15 nitrogen and oxygen atoms in total. The predicted octanol–water partition coefficient (Wildman–Crippen LogP) is 3.91. The molecule has 3 N–H and O–H groups in total. The third kappa shape index (κ3) is 8.54. The molecule has 1 aliphatic heterocycles. The number of nitro benzene ring substituents is 1. The second-order valence-corrected chi connectivity index (χ2v) is 9.88. The van der Waals surface area contributed by atoms with Crippen molar-refractivity contribution >= 4 is 29.8 Å². The van der Waals surface area contributed by atoms with Crippen LogP contribution in [0.1, 0.15) is 36.6 Å². The van der Waals surface area contributed by atoms with Crippen LogP contribution in [0.25, 0.3) is 0 Å². The van der Waals surface area contributed by atoms with Gasteiger partial charge in [0.1, 0.15) is 6.61 Å². The van der Waals surface area contributed by atoms with Crippen LogP contribution < -0.4 is 35.0 Å². The van der Waals surface area contributed by atoms with E-state index in [9.17, 15) is 24.5 Å². The maximum absolute atomic E-state index is 12.6. The van der Waals surface area contributed by atoms with Crippen LogP contribution in [0.5, 0.6) is 23.0 Å². The number of nitrogens with one attached hydrogen (secondary N) is 3. The van der Waals surface area contributed by atoms with Crippen molar-refractivity contribution in [2.24, 2.45) is 5.10 Å². The molecule has 1 heterocycles. The number of nitro groups is 1. The maximum atomic E-state index is 12.6. The van der Waals surface area contributed by atoms with Gasteiger partial charge < -0.3 is 34.3 Å². The lowest BCUT2D eigenvalue weighted by atomic mass is 9.95. The summed E-state index contributed by atoms with van der Waals surface area (Å²) < 4.78 is 27.3. The number of nitrogens with zero attached hydrogens (tertiary/aromatic N) is 2. The number of methoxy groups -OCH3 is 2. The first-order valence-corrected chi connectivity index (χ1v) is 14.3. The molecule has 0 spiro atoms. The van der Waals surface area contributed by atoms with Gasteiger partial charge in [0.05, 0.1) is 55.2 Å². The Morgan fingerprint density at radius 1 is 1.00 bits per heavy atom. The molecule has 246 valence electrons. The molecular formula is C32H33N5O10. The van der Waals surface area contributed by atoms with Gasteiger partial charge in [-0.15, -0.1) is 0 Å². The number of carbonyl (C=O) groups excluding carboxylic acids is 3. The van der Waals surface area contributed by atoms with Gasteiger partial charge in [0.25, 0.3) is 11.6 Å². The van der Waals surface area contributed by atoms with Crippen LogP contribution in [0.3, 0.4) is 0 Å². The minimum atomic E-state index is -0.824. The van der Waals surface area contributed by atoms with E-state index in [0.717, 1.165) is 11.8 Å². The third-order valence-corrected chi connectivity index (χ3v) is 6.78. The Balaban J connectivity index is 1.42. The van der Waals surface area contributed by atoms with Gasteiger partial charge in [-0.3, -0.25) is 14.9 Å². The summed E-state index contributed by atoms with van der Waals surface area (Å²) in [5, 5.41) is 20.9. The summed E-state index contributed by atoms with van der Waals surface area (Å²) in [4.78, 5) is 48.5. The number of benzene rings is 3.